The summed E-state index contributed by atoms with van der Waals surface area (Å²) < 4.78 is 0. The molecule has 0 radical (unpaired) electrons. The van der Waals surface area contributed by atoms with Gasteiger partial charge in [-0.1, -0.05) is 152 Å². The lowest BCUT2D eigenvalue weighted by atomic mass is 9.91. The van der Waals surface area contributed by atoms with Crippen molar-refractivity contribution < 1.29 is 0 Å². The van der Waals surface area contributed by atoms with E-state index in [4.69, 9.17) is 19.9 Å². The largest absolute Gasteiger partial charge is 0.255 e. The van der Waals surface area contributed by atoms with E-state index in [-0.39, 0.29) is 0 Å². The Hall–Kier alpha value is -7.96. The third-order valence-electron chi connectivity index (χ3n) is 10.3. The summed E-state index contributed by atoms with van der Waals surface area (Å²) in [6.07, 6.45) is 3.59. The molecule has 6 heteroatoms. The van der Waals surface area contributed by atoms with Crippen molar-refractivity contribution in [1.82, 2.24) is 29.9 Å². The van der Waals surface area contributed by atoms with Crippen LogP contribution in [0.4, 0.5) is 0 Å². The van der Waals surface area contributed by atoms with E-state index >= 15 is 0 Å². The van der Waals surface area contributed by atoms with Crippen LogP contribution in [0.25, 0.3) is 101 Å². The lowest BCUT2D eigenvalue weighted by molar-refractivity contribution is 1.07. The van der Waals surface area contributed by atoms with Gasteiger partial charge >= 0.3 is 0 Å². The third kappa shape index (κ3) is 6.91. The topological polar surface area (TPSA) is 77.3 Å². The summed E-state index contributed by atoms with van der Waals surface area (Å²) in [6.45, 7) is 0. The van der Waals surface area contributed by atoms with Gasteiger partial charge in [0, 0.05) is 29.1 Å². The minimum absolute atomic E-state index is 0.629. The predicted octanol–water partition coefficient (Wildman–Crippen LogP) is 12.5. The summed E-state index contributed by atoms with van der Waals surface area (Å²) in [5.74, 6) is 1.91. The van der Waals surface area contributed by atoms with Crippen LogP contribution in [0.2, 0.25) is 0 Å². The number of hydrogen-bond donors (Lipinski definition) is 0. The quantitative estimate of drug-likeness (QED) is 0.154. The van der Waals surface area contributed by atoms with Crippen LogP contribution in [0.1, 0.15) is 0 Å². The van der Waals surface area contributed by atoms with E-state index < -0.39 is 0 Å². The maximum atomic E-state index is 4.99. The Labute approximate surface area is 336 Å². The minimum Gasteiger partial charge on any atom is -0.255 e. The maximum Gasteiger partial charge on any atom is 0.164 e. The number of nitrogens with zero attached hydrogens (tertiary/aromatic N) is 6. The van der Waals surface area contributed by atoms with E-state index in [0.717, 1.165) is 72.8 Å². The number of fused-ring (bicyclic) bond motifs is 1. The van der Waals surface area contributed by atoms with Gasteiger partial charge in [-0.2, -0.15) is 0 Å². The highest BCUT2D eigenvalue weighted by Crippen LogP contribution is 2.38. The summed E-state index contributed by atoms with van der Waals surface area (Å²) in [6, 6.07) is 66.5. The Morgan fingerprint density at radius 1 is 0.241 bits per heavy atom. The van der Waals surface area contributed by atoms with Gasteiger partial charge in [0.2, 0.25) is 0 Å². The van der Waals surface area contributed by atoms with Gasteiger partial charge in [0.25, 0.3) is 0 Å². The smallest absolute Gasteiger partial charge is 0.164 e. The van der Waals surface area contributed by atoms with Gasteiger partial charge in [-0.05, 0) is 86.6 Å². The van der Waals surface area contributed by atoms with E-state index in [1.165, 1.54) is 10.8 Å². The summed E-state index contributed by atoms with van der Waals surface area (Å²) in [4.78, 5) is 29.0. The molecule has 0 aliphatic rings. The number of pyridine rings is 3. The number of hydrogen-bond acceptors (Lipinski definition) is 6. The first-order chi connectivity index (χ1) is 28.7. The molecule has 0 spiro atoms. The van der Waals surface area contributed by atoms with Crippen LogP contribution in [0.3, 0.4) is 0 Å². The molecule has 10 aromatic rings. The normalized spacial score (nSPS) is 11.1. The van der Waals surface area contributed by atoms with Crippen molar-refractivity contribution in [2.75, 3.05) is 0 Å². The van der Waals surface area contributed by atoms with Crippen molar-refractivity contribution in [2.24, 2.45) is 0 Å². The molecule has 0 unspecified atom stereocenters. The second kappa shape index (κ2) is 15.3. The van der Waals surface area contributed by atoms with E-state index in [0.29, 0.717) is 17.5 Å². The van der Waals surface area contributed by atoms with Crippen molar-refractivity contribution >= 4 is 10.8 Å². The van der Waals surface area contributed by atoms with E-state index in [1.54, 1.807) is 12.4 Å². The van der Waals surface area contributed by atoms with E-state index in [2.05, 4.69) is 107 Å². The van der Waals surface area contributed by atoms with Crippen molar-refractivity contribution in [2.45, 2.75) is 0 Å². The minimum atomic E-state index is 0.629. The molecule has 6 aromatic carbocycles. The van der Waals surface area contributed by atoms with Crippen LogP contribution in [0, 0.1) is 0 Å². The molecule has 0 saturated carbocycles. The highest BCUT2D eigenvalue weighted by Gasteiger charge is 2.16. The standard InChI is InChI=1S/C52H34N6/c1-3-14-37(15-4-1)50-56-51(38-16-5-2-6-17-38)58-52(57-50)40-19-13-18-39(32-40)43-29-28-42(44-20-7-8-21-45(43)44)36-26-24-35(25-27-36)41-33-48(46-22-9-11-30-53-46)55-49(34-41)47-23-10-12-31-54-47/h1-34H. The number of benzene rings is 6. The fourth-order valence-electron chi connectivity index (χ4n) is 7.40. The molecule has 0 aliphatic heterocycles. The number of aromatic nitrogens is 6. The zero-order valence-corrected chi connectivity index (χ0v) is 31.3. The molecule has 58 heavy (non-hydrogen) atoms. The van der Waals surface area contributed by atoms with Crippen molar-refractivity contribution in [3.63, 3.8) is 0 Å². The molecule has 0 saturated heterocycles. The van der Waals surface area contributed by atoms with E-state index in [9.17, 15) is 0 Å². The molecule has 6 nitrogen and oxygen atoms in total. The van der Waals surface area contributed by atoms with Crippen molar-refractivity contribution in [3.05, 3.63) is 207 Å². The molecule has 272 valence electrons. The summed E-state index contributed by atoms with van der Waals surface area (Å²) in [5.41, 5.74) is 12.7. The molecule has 0 fully saturated rings. The first-order valence-electron chi connectivity index (χ1n) is 19.2. The highest BCUT2D eigenvalue weighted by molar-refractivity contribution is 6.05. The molecule has 10 rings (SSSR count). The highest BCUT2D eigenvalue weighted by atomic mass is 15.0. The van der Waals surface area contributed by atoms with Gasteiger partial charge in [-0.15, -0.1) is 0 Å². The second-order valence-electron chi connectivity index (χ2n) is 14.0. The van der Waals surface area contributed by atoms with Crippen LogP contribution in [-0.2, 0) is 0 Å². The third-order valence-corrected chi connectivity index (χ3v) is 10.3. The van der Waals surface area contributed by atoms with E-state index in [1.807, 2.05) is 97.1 Å². The summed E-state index contributed by atoms with van der Waals surface area (Å²) >= 11 is 0. The Balaban J connectivity index is 1.02. The lowest BCUT2D eigenvalue weighted by Gasteiger charge is -2.14. The first kappa shape index (κ1) is 34.5. The predicted molar refractivity (Wildman–Crippen MR) is 234 cm³/mol. The monoisotopic (exact) mass is 742 g/mol. The summed E-state index contributed by atoms with van der Waals surface area (Å²) in [7, 11) is 0. The lowest BCUT2D eigenvalue weighted by Crippen LogP contribution is -2.00. The Kier molecular flexibility index (Phi) is 9.10. The van der Waals surface area contributed by atoms with Crippen LogP contribution >= 0.6 is 0 Å². The van der Waals surface area contributed by atoms with Gasteiger partial charge in [0.1, 0.15) is 0 Å². The average molecular weight is 743 g/mol. The van der Waals surface area contributed by atoms with Crippen LogP contribution in [0.15, 0.2) is 207 Å². The SMILES string of the molecule is c1ccc(-c2nc(-c3ccccc3)nc(-c3cccc(-c4ccc(-c5ccc(-c6cc(-c7ccccn7)nc(-c7ccccn7)c6)cc5)c5ccccc45)c3)n2)cc1. The molecular formula is C52H34N6. The van der Waals surface area contributed by atoms with Crippen LogP contribution in [-0.4, -0.2) is 29.9 Å². The fourth-order valence-corrected chi connectivity index (χ4v) is 7.40. The fraction of sp³-hybridized carbons (Fsp3) is 0. The van der Waals surface area contributed by atoms with Gasteiger partial charge in [0.15, 0.2) is 17.5 Å². The van der Waals surface area contributed by atoms with Gasteiger partial charge in [-0.25, -0.2) is 19.9 Å². The maximum absolute atomic E-state index is 4.99. The van der Waals surface area contributed by atoms with Gasteiger partial charge < -0.3 is 0 Å². The molecule has 4 aromatic heterocycles. The molecule has 0 amide bonds. The average Bonchev–Trinajstić information content (AvgIpc) is 3.32. The molecule has 4 heterocycles. The van der Waals surface area contributed by atoms with Gasteiger partial charge in [0.05, 0.1) is 22.8 Å². The zero-order valence-electron chi connectivity index (χ0n) is 31.3. The molecule has 0 atom stereocenters. The van der Waals surface area contributed by atoms with Crippen molar-refractivity contribution in [3.8, 4) is 90.3 Å². The van der Waals surface area contributed by atoms with Crippen molar-refractivity contribution in [1.29, 1.82) is 0 Å². The zero-order chi connectivity index (χ0) is 38.7. The molecule has 0 aliphatic carbocycles. The molecular weight excluding hydrogens is 709 g/mol. The second-order valence-corrected chi connectivity index (χ2v) is 14.0. The Morgan fingerprint density at radius 2 is 0.690 bits per heavy atom. The molecule has 0 bridgehead atoms. The van der Waals surface area contributed by atoms with Crippen LogP contribution in [0.5, 0.6) is 0 Å². The molecule has 0 N–H and O–H groups in total. The van der Waals surface area contributed by atoms with Crippen LogP contribution < -0.4 is 0 Å². The number of rotatable bonds is 8. The summed E-state index contributed by atoms with van der Waals surface area (Å²) in [5, 5.41) is 2.34. The first-order valence-corrected chi connectivity index (χ1v) is 19.2. The Bertz CT molecular complexity index is 2910. The Morgan fingerprint density at radius 3 is 1.22 bits per heavy atom. The van der Waals surface area contributed by atoms with Gasteiger partial charge in [-0.3, -0.25) is 9.97 Å².